The van der Waals surface area contributed by atoms with E-state index in [1.54, 1.807) is 17.2 Å². The van der Waals surface area contributed by atoms with E-state index in [-0.39, 0.29) is 5.91 Å². The highest BCUT2D eigenvalue weighted by Gasteiger charge is 2.44. The first-order valence-electron chi connectivity index (χ1n) is 8.04. The number of aromatic nitrogens is 1. The molecule has 5 heteroatoms. The van der Waals surface area contributed by atoms with Crippen LogP contribution < -0.4 is 0 Å². The van der Waals surface area contributed by atoms with Gasteiger partial charge >= 0.3 is 5.97 Å². The van der Waals surface area contributed by atoms with Crippen molar-refractivity contribution < 1.29 is 14.7 Å². The van der Waals surface area contributed by atoms with Crippen LogP contribution in [-0.2, 0) is 10.2 Å². The van der Waals surface area contributed by atoms with Crippen molar-refractivity contribution in [2.45, 2.75) is 25.2 Å². The number of hydrogen-bond acceptors (Lipinski definition) is 3. The molecule has 2 aromatic rings. The summed E-state index contributed by atoms with van der Waals surface area (Å²) in [7, 11) is 0. The van der Waals surface area contributed by atoms with Gasteiger partial charge in [0.1, 0.15) is 5.69 Å². The van der Waals surface area contributed by atoms with E-state index in [4.69, 9.17) is 0 Å². The number of benzene rings is 1. The number of aryl methyl sites for hydroxylation is 1. The fourth-order valence-electron chi connectivity index (χ4n) is 3.33. The fourth-order valence-corrected chi connectivity index (χ4v) is 3.33. The molecule has 1 aliphatic heterocycles. The number of carbonyl (C=O) groups excluding carboxylic acids is 1. The molecule has 0 saturated carbocycles. The quantitative estimate of drug-likeness (QED) is 0.942. The van der Waals surface area contributed by atoms with Gasteiger partial charge in [-0.25, -0.2) is 0 Å². The molecule has 0 aliphatic carbocycles. The summed E-state index contributed by atoms with van der Waals surface area (Å²) in [5.41, 5.74) is 1.16. The molecule has 0 atom stereocenters. The topological polar surface area (TPSA) is 70.5 Å². The molecule has 0 bridgehead atoms. The normalized spacial score (nSPS) is 16.6. The Morgan fingerprint density at radius 1 is 1.08 bits per heavy atom. The molecule has 3 rings (SSSR count). The number of carboxylic acid groups (broad SMARTS) is 1. The number of rotatable bonds is 3. The second kappa shape index (κ2) is 6.43. The number of piperidine rings is 1. The summed E-state index contributed by atoms with van der Waals surface area (Å²) in [6.45, 7) is 2.68. The first kappa shape index (κ1) is 16.2. The molecule has 0 radical (unpaired) electrons. The van der Waals surface area contributed by atoms with Gasteiger partial charge in [0.15, 0.2) is 0 Å². The molecule has 1 saturated heterocycles. The van der Waals surface area contributed by atoms with Crippen molar-refractivity contribution in [3.63, 3.8) is 0 Å². The van der Waals surface area contributed by atoms with Crippen LogP contribution in [0.3, 0.4) is 0 Å². The lowest BCUT2D eigenvalue weighted by Gasteiger charge is -2.39. The summed E-state index contributed by atoms with van der Waals surface area (Å²) in [5.74, 6) is -0.949. The standard InChI is InChI=1S/C19H20N2O3/c1-14-6-5-11-20-16(14)17(22)21-12-9-19(10-13-21,18(23)24)15-7-3-2-4-8-15/h2-8,11H,9-10,12-13H2,1H3,(H,23,24). The third kappa shape index (κ3) is 2.77. The highest BCUT2D eigenvalue weighted by molar-refractivity contribution is 5.94. The Hall–Kier alpha value is -2.69. The maximum Gasteiger partial charge on any atom is 0.314 e. The molecule has 1 fully saturated rings. The first-order valence-corrected chi connectivity index (χ1v) is 8.04. The SMILES string of the molecule is Cc1cccnc1C(=O)N1CCC(C(=O)O)(c2ccccc2)CC1. The molecule has 1 aliphatic rings. The van der Waals surface area contributed by atoms with Crippen molar-refractivity contribution in [1.29, 1.82) is 0 Å². The predicted molar refractivity (Wildman–Crippen MR) is 89.9 cm³/mol. The Morgan fingerprint density at radius 2 is 1.75 bits per heavy atom. The third-order valence-electron chi connectivity index (χ3n) is 4.85. The molecule has 1 amide bonds. The molecule has 0 unspecified atom stereocenters. The lowest BCUT2D eigenvalue weighted by Crippen LogP contribution is -2.49. The Labute approximate surface area is 140 Å². The van der Waals surface area contributed by atoms with Crippen molar-refractivity contribution in [3.05, 3.63) is 65.5 Å². The molecule has 1 aromatic carbocycles. The molecule has 24 heavy (non-hydrogen) atoms. The van der Waals surface area contributed by atoms with Gasteiger partial charge in [-0.1, -0.05) is 36.4 Å². The van der Waals surface area contributed by atoms with Crippen molar-refractivity contribution in [2.24, 2.45) is 0 Å². The van der Waals surface area contributed by atoms with Crippen LogP contribution >= 0.6 is 0 Å². The van der Waals surface area contributed by atoms with Crippen molar-refractivity contribution in [2.75, 3.05) is 13.1 Å². The van der Waals surface area contributed by atoms with Gasteiger partial charge in [-0.2, -0.15) is 0 Å². The maximum absolute atomic E-state index is 12.7. The Bertz CT molecular complexity index is 750. The van der Waals surface area contributed by atoms with Crippen molar-refractivity contribution >= 4 is 11.9 Å². The highest BCUT2D eigenvalue weighted by atomic mass is 16.4. The lowest BCUT2D eigenvalue weighted by molar-refractivity contribution is -0.145. The summed E-state index contributed by atoms with van der Waals surface area (Å²) in [6, 6.07) is 13.0. The average Bonchev–Trinajstić information content (AvgIpc) is 2.62. The minimum Gasteiger partial charge on any atom is -0.481 e. The van der Waals surface area contributed by atoms with Crippen LogP contribution in [0.2, 0.25) is 0 Å². The van der Waals surface area contributed by atoms with Crippen LogP contribution in [0.1, 0.15) is 34.5 Å². The number of likely N-dealkylation sites (tertiary alicyclic amines) is 1. The van der Waals surface area contributed by atoms with Gasteiger partial charge in [-0.3, -0.25) is 14.6 Å². The molecule has 5 nitrogen and oxygen atoms in total. The van der Waals surface area contributed by atoms with E-state index >= 15 is 0 Å². The van der Waals surface area contributed by atoms with Crippen molar-refractivity contribution in [1.82, 2.24) is 9.88 Å². The van der Waals surface area contributed by atoms with Gasteiger partial charge in [0, 0.05) is 19.3 Å². The lowest BCUT2D eigenvalue weighted by atomic mass is 9.73. The van der Waals surface area contributed by atoms with Crippen LogP contribution in [0.15, 0.2) is 48.7 Å². The Morgan fingerprint density at radius 3 is 2.33 bits per heavy atom. The van der Waals surface area contributed by atoms with E-state index in [1.807, 2.05) is 43.3 Å². The monoisotopic (exact) mass is 324 g/mol. The van der Waals surface area contributed by atoms with Crippen molar-refractivity contribution in [3.8, 4) is 0 Å². The maximum atomic E-state index is 12.7. The number of aliphatic carboxylic acids is 1. The van der Waals surface area contributed by atoms with E-state index in [2.05, 4.69) is 4.98 Å². The smallest absolute Gasteiger partial charge is 0.314 e. The second-order valence-electron chi connectivity index (χ2n) is 6.21. The van der Waals surface area contributed by atoms with E-state index in [0.29, 0.717) is 31.6 Å². The molecule has 0 spiro atoms. The van der Waals surface area contributed by atoms with Crippen LogP contribution in [0, 0.1) is 6.92 Å². The minimum absolute atomic E-state index is 0.125. The number of hydrogen-bond donors (Lipinski definition) is 1. The predicted octanol–water partition coefficient (Wildman–Crippen LogP) is 2.65. The molecule has 1 N–H and O–H groups in total. The molecular weight excluding hydrogens is 304 g/mol. The van der Waals surface area contributed by atoms with E-state index in [0.717, 1.165) is 11.1 Å². The molecule has 124 valence electrons. The summed E-state index contributed by atoms with van der Waals surface area (Å²) < 4.78 is 0. The summed E-state index contributed by atoms with van der Waals surface area (Å²) >= 11 is 0. The molecular formula is C19H20N2O3. The van der Waals surface area contributed by atoms with Gasteiger partial charge in [-0.05, 0) is 37.0 Å². The average molecular weight is 324 g/mol. The Kier molecular flexibility index (Phi) is 4.34. The van der Waals surface area contributed by atoms with Gasteiger partial charge in [0.25, 0.3) is 5.91 Å². The van der Waals surface area contributed by atoms with E-state index < -0.39 is 11.4 Å². The van der Waals surface area contributed by atoms with Crippen LogP contribution in [0.25, 0.3) is 0 Å². The highest BCUT2D eigenvalue weighted by Crippen LogP contribution is 2.36. The van der Waals surface area contributed by atoms with Crippen LogP contribution in [0.5, 0.6) is 0 Å². The second-order valence-corrected chi connectivity index (χ2v) is 6.21. The Balaban J connectivity index is 1.80. The molecule has 1 aromatic heterocycles. The van der Waals surface area contributed by atoms with Crippen LogP contribution in [0.4, 0.5) is 0 Å². The fraction of sp³-hybridized carbons (Fsp3) is 0.316. The van der Waals surface area contributed by atoms with Gasteiger partial charge in [0.05, 0.1) is 5.41 Å². The van der Waals surface area contributed by atoms with E-state index in [1.165, 1.54) is 0 Å². The minimum atomic E-state index is -0.919. The number of carboxylic acids is 1. The summed E-state index contributed by atoms with van der Waals surface area (Å²) in [4.78, 5) is 30.5. The number of nitrogens with zero attached hydrogens (tertiary/aromatic N) is 2. The number of pyridine rings is 1. The largest absolute Gasteiger partial charge is 0.481 e. The van der Waals surface area contributed by atoms with Crippen LogP contribution in [-0.4, -0.2) is 40.0 Å². The zero-order valence-corrected chi connectivity index (χ0v) is 13.6. The number of carbonyl (C=O) groups is 2. The zero-order valence-electron chi connectivity index (χ0n) is 13.6. The summed E-state index contributed by atoms with van der Waals surface area (Å²) in [6.07, 6.45) is 2.42. The third-order valence-corrected chi connectivity index (χ3v) is 4.85. The summed E-state index contributed by atoms with van der Waals surface area (Å²) in [5, 5.41) is 9.81. The number of amides is 1. The zero-order chi connectivity index (χ0) is 17.2. The van der Waals surface area contributed by atoms with Gasteiger partial charge < -0.3 is 10.0 Å². The first-order chi connectivity index (χ1) is 11.5. The van der Waals surface area contributed by atoms with E-state index in [9.17, 15) is 14.7 Å². The molecule has 2 heterocycles. The van der Waals surface area contributed by atoms with Gasteiger partial charge in [0.2, 0.25) is 0 Å². The van der Waals surface area contributed by atoms with Gasteiger partial charge in [-0.15, -0.1) is 0 Å².